The normalized spacial score (nSPS) is 10.8. The molecule has 0 saturated carbocycles. The SMILES string of the molecule is CSc1nc(Cl)c2cc(Br)ccc2n1. The zero-order valence-corrected chi connectivity index (χ0v) is 10.4. The van der Waals surface area contributed by atoms with E-state index in [4.69, 9.17) is 11.6 Å². The second-order valence-electron chi connectivity index (χ2n) is 2.66. The lowest BCUT2D eigenvalue weighted by Gasteiger charge is -2.02. The molecule has 5 heteroatoms. The summed E-state index contributed by atoms with van der Waals surface area (Å²) in [6.45, 7) is 0. The lowest BCUT2D eigenvalue weighted by molar-refractivity contribution is 1.01. The quantitative estimate of drug-likeness (QED) is 0.454. The molecule has 0 aliphatic carbocycles. The van der Waals surface area contributed by atoms with Gasteiger partial charge in [-0.1, -0.05) is 39.3 Å². The van der Waals surface area contributed by atoms with Crippen molar-refractivity contribution in [2.24, 2.45) is 0 Å². The van der Waals surface area contributed by atoms with Gasteiger partial charge in [-0.3, -0.25) is 0 Å². The van der Waals surface area contributed by atoms with Gasteiger partial charge >= 0.3 is 0 Å². The maximum Gasteiger partial charge on any atom is 0.189 e. The first kappa shape index (κ1) is 10.2. The molecule has 0 N–H and O–H groups in total. The largest absolute Gasteiger partial charge is 0.222 e. The Balaban J connectivity index is 2.76. The third-order valence-corrected chi connectivity index (χ3v) is 3.10. The Bertz CT molecular complexity index is 489. The van der Waals surface area contributed by atoms with Crippen molar-refractivity contribution in [2.45, 2.75) is 5.16 Å². The standard InChI is InChI=1S/C9H6BrClN2S/c1-14-9-12-7-3-2-5(10)4-6(7)8(11)13-9/h2-4H,1H3. The monoisotopic (exact) mass is 288 g/mol. The number of halogens is 2. The molecule has 0 aliphatic heterocycles. The summed E-state index contributed by atoms with van der Waals surface area (Å²) in [6, 6.07) is 5.78. The van der Waals surface area contributed by atoms with Crippen LogP contribution in [0.15, 0.2) is 27.8 Å². The Morgan fingerprint density at radius 1 is 1.36 bits per heavy atom. The van der Waals surface area contributed by atoms with Crippen LogP contribution in [-0.4, -0.2) is 16.2 Å². The number of nitrogens with zero attached hydrogens (tertiary/aromatic N) is 2. The van der Waals surface area contributed by atoms with Gasteiger partial charge in [-0.15, -0.1) is 0 Å². The highest BCUT2D eigenvalue weighted by Crippen LogP contribution is 2.25. The van der Waals surface area contributed by atoms with Crippen LogP contribution in [0.2, 0.25) is 5.15 Å². The summed E-state index contributed by atoms with van der Waals surface area (Å²) in [6.07, 6.45) is 1.93. The van der Waals surface area contributed by atoms with E-state index in [1.807, 2.05) is 24.5 Å². The number of thioether (sulfide) groups is 1. The van der Waals surface area contributed by atoms with Gasteiger partial charge in [0.25, 0.3) is 0 Å². The molecule has 2 aromatic rings. The fourth-order valence-electron chi connectivity index (χ4n) is 1.13. The second-order valence-corrected chi connectivity index (χ2v) is 4.71. The minimum absolute atomic E-state index is 0.501. The lowest BCUT2D eigenvalue weighted by atomic mass is 10.2. The van der Waals surface area contributed by atoms with E-state index in [1.165, 1.54) is 11.8 Å². The average molecular weight is 290 g/mol. The number of hydrogen-bond acceptors (Lipinski definition) is 3. The van der Waals surface area contributed by atoms with Crippen LogP contribution >= 0.6 is 39.3 Å². The first-order valence-corrected chi connectivity index (χ1v) is 6.27. The average Bonchev–Trinajstić information content (AvgIpc) is 2.19. The summed E-state index contributed by atoms with van der Waals surface area (Å²) in [7, 11) is 0. The molecular formula is C9H6BrClN2S. The van der Waals surface area contributed by atoms with Crippen molar-refractivity contribution in [2.75, 3.05) is 6.26 Å². The Morgan fingerprint density at radius 2 is 2.14 bits per heavy atom. The van der Waals surface area contributed by atoms with Gasteiger partial charge in [0.1, 0.15) is 5.15 Å². The van der Waals surface area contributed by atoms with Gasteiger partial charge in [-0.25, -0.2) is 9.97 Å². The molecule has 0 radical (unpaired) electrons. The predicted molar refractivity (Wildman–Crippen MR) is 64.0 cm³/mol. The van der Waals surface area contributed by atoms with Crippen LogP contribution in [0.1, 0.15) is 0 Å². The van der Waals surface area contributed by atoms with Crippen LogP contribution in [0, 0.1) is 0 Å². The van der Waals surface area contributed by atoms with Gasteiger partial charge in [0.05, 0.1) is 5.52 Å². The molecule has 1 aromatic heterocycles. The molecule has 0 amide bonds. The van der Waals surface area contributed by atoms with Crippen molar-refractivity contribution in [1.29, 1.82) is 0 Å². The van der Waals surface area contributed by atoms with E-state index in [-0.39, 0.29) is 0 Å². The molecule has 0 atom stereocenters. The first-order chi connectivity index (χ1) is 6.70. The predicted octanol–water partition coefficient (Wildman–Crippen LogP) is 3.77. The molecule has 14 heavy (non-hydrogen) atoms. The molecule has 0 spiro atoms. The maximum absolute atomic E-state index is 6.03. The topological polar surface area (TPSA) is 25.8 Å². The van der Waals surface area contributed by atoms with Crippen LogP contribution in [0.3, 0.4) is 0 Å². The lowest BCUT2D eigenvalue weighted by Crippen LogP contribution is -1.88. The summed E-state index contributed by atoms with van der Waals surface area (Å²) in [5.41, 5.74) is 0.873. The molecule has 0 fully saturated rings. The highest BCUT2D eigenvalue weighted by Gasteiger charge is 2.05. The molecule has 1 aromatic carbocycles. The van der Waals surface area contributed by atoms with Crippen molar-refractivity contribution in [1.82, 2.24) is 9.97 Å². The molecule has 2 nitrogen and oxygen atoms in total. The van der Waals surface area contributed by atoms with E-state index in [0.717, 1.165) is 15.4 Å². The van der Waals surface area contributed by atoms with Gasteiger partial charge in [-0.05, 0) is 24.5 Å². The molecular weight excluding hydrogens is 284 g/mol. The van der Waals surface area contributed by atoms with E-state index in [9.17, 15) is 0 Å². The van der Waals surface area contributed by atoms with Crippen molar-refractivity contribution in [3.63, 3.8) is 0 Å². The molecule has 72 valence electrons. The third-order valence-electron chi connectivity index (χ3n) is 1.77. The summed E-state index contributed by atoms with van der Waals surface area (Å²) >= 11 is 10.9. The number of aromatic nitrogens is 2. The van der Waals surface area contributed by atoms with Gasteiger partial charge in [-0.2, -0.15) is 0 Å². The highest BCUT2D eigenvalue weighted by molar-refractivity contribution is 9.10. The molecule has 0 saturated heterocycles. The minimum Gasteiger partial charge on any atom is -0.222 e. The van der Waals surface area contributed by atoms with E-state index < -0.39 is 0 Å². The molecule has 2 rings (SSSR count). The van der Waals surface area contributed by atoms with Crippen molar-refractivity contribution in [3.05, 3.63) is 27.8 Å². The van der Waals surface area contributed by atoms with E-state index in [1.54, 1.807) is 0 Å². The summed E-state index contributed by atoms with van der Waals surface area (Å²) < 4.78 is 0.979. The Morgan fingerprint density at radius 3 is 2.86 bits per heavy atom. The highest BCUT2D eigenvalue weighted by atomic mass is 79.9. The Kier molecular flexibility index (Phi) is 2.95. The Hall–Kier alpha value is -0.320. The van der Waals surface area contributed by atoms with Gasteiger partial charge < -0.3 is 0 Å². The minimum atomic E-state index is 0.501. The smallest absolute Gasteiger partial charge is 0.189 e. The molecule has 0 unspecified atom stereocenters. The fraction of sp³-hybridized carbons (Fsp3) is 0.111. The van der Waals surface area contributed by atoms with Gasteiger partial charge in [0, 0.05) is 9.86 Å². The summed E-state index contributed by atoms with van der Waals surface area (Å²) in [5, 5.41) is 2.07. The van der Waals surface area contributed by atoms with Gasteiger partial charge in [0.2, 0.25) is 0 Å². The number of rotatable bonds is 1. The van der Waals surface area contributed by atoms with Crippen LogP contribution in [-0.2, 0) is 0 Å². The van der Waals surface area contributed by atoms with E-state index in [2.05, 4.69) is 25.9 Å². The fourth-order valence-corrected chi connectivity index (χ4v) is 2.15. The number of benzene rings is 1. The summed E-state index contributed by atoms with van der Waals surface area (Å²) in [5.74, 6) is 0. The van der Waals surface area contributed by atoms with Gasteiger partial charge in [0.15, 0.2) is 5.16 Å². The zero-order chi connectivity index (χ0) is 10.1. The number of hydrogen-bond donors (Lipinski definition) is 0. The Labute approximate surface area is 99.2 Å². The van der Waals surface area contributed by atoms with Crippen molar-refractivity contribution < 1.29 is 0 Å². The van der Waals surface area contributed by atoms with Crippen molar-refractivity contribution >= 4 is 50.2 Å². The molecule has 0 bridgehead atoms. The molecule has 0 aliphatic rings. The third kappa shape index (κ3) is 1.87. The van der Waals surface area contributed by atoms with Crippen LogP contribution in [0.4, 0.5) is 0 Å². The van der Waals surface area contributed by atoms with Crippen molar-refractivity contribution in [3.8, 4) is 0 Å². The van der Waals surface area contributed by atoms with Crippen LogP contribution in [0.5, 0.6) is 0 Å². The number of fused-ring (bicyclic) bond motifs is 1. The maximum atomic E-state index is 6.03. The van der Waals surface area contributed by atoms with Crippen LogP contribution in [0.25, 0.3) is 10.9 Å². The van der Waals surface area contributed by atoms with Crippen LogP contribution < -0.4 is 0 Å². The second kappa shape index (κ2) is 4.04. The zero-order valence-electron chi connectivity index (χ0n) is 7.29. The van der Waals surface area contributed by atoms with E-state index >= 15 is 0 Å². The molecule has 1 heterocycles. The van der Waals surface area contributed by atoms with E-state index in [0.29, 0.717) is 10.3 Å². The summed E-state index contributed by atoms with van der Waals surface area (Å²) in [4.78, 5) is 8.50. The first-order valence-electron chi connectivity index (χ1n) is 3.87.